The standard InChI is InChI=1S/C12H20N2O/c1-2-3-9-15-10-8-13-11-12-6-4-5-7-14-12/h4-7,13H,2-3,8-11H2,1H3. The van der Waals surface area contributed by atoms with Crippen LogP contribution in [0, 0.1) is 0 Å². The molecule has 3 heteroatoms. The van der Waals surface area contributed by atoms with Gasteiger partial charge in [0, 0.05) is 25.9 Å². The smallest absolute Gasteiger partial charge is 0.0591 e. The number of unbranched alkanes of at least 4 members (excludes halogenated alkanes) is 1. The van der Waals surface area contributed by atoms with Gasteiger partial charge in [0.25, 0.3) is 0 Å². The Labute approximate surface area is 91.9 Å². The van der Waals surface area contributed by atoms with Gasteiger partial charge in [0.15, 0.2) is 0 Å². The number of hydrogen-bond acceptors (Lipinski definition) is 3. The molecule has 0 bridgehead atoms. The molecule has 0 aliphatic rings. The molecule has 1 aromatic rings. The summed E-state index contributed by atoms with van der Waals surface area (Å²) in [6.07, 6.45) is 4.16. The van der Waals surface area contributed by atoms with Crippen molar-refractivity contribution in [1.29, 1.82) is 0 Å². The Hall–Kier alpha value is -0.930. The van der Waals surface area contributed by atoms with E-state index in [0.717, 1.165) is 38.4 Å². The summed E-state index contributed by atoms with van der Waals surface area (Å²) < 4.78 is 5.43. The Morgan fingerprint density at radius 3 is 3.00 bits per heavy atom. The zero-order chi connectivity index (χ0) is 10.8. The van der Waals surface area contributed by atoms with E-state index in [0.29, 0.717) is 0 Å². The molecule has 0 spiro atoms. The lowest BCUT2D eigenvalue weighted by Gasteiger charge is -2.05. The number of nitrogens with zero attached hydrogens (tertiary/aromatic N) is 1. The summed E-state index contributed by atoms with van der Waals surface area (Å²) in [4.78, 5) is 4.22. The van der Waals surface area contributed by atoms with E-state index in [1.807, 2.05) is 24.4 Å². The lowest BCUT2D eigenvalue weighted by atomic mass is 10.3. The first kappa shape index (κ1) is 12.1. The maximum Gasteiger partial charge on any atom is 0.0591 e. The molecule has 0 saturated carbocycles. The van der Waals surface area contributed by atoms with Gasteiger partial charge >= 0.3 is 0 Å². The normalized spacial score (nSPS) is 10.5. The first-order valence-electron chi connectivity index (χ1n) is 5.62. The average Bonchev–Trinajstić information content (AvgIpc) is 2.29. The second kappa shape index (κ2) is 8.38. The lowest BCUT2D eigenvalue weighted by molar-refractivity contribution is 0.133. The van der Waals surface area contributed by atoms with Crippen molar-refractivity contribution in [2.24, 2.45) is 0 Å². The van der Waals surface area contributed by atoms with Crippen LogP contribution in [0.1, 0.15) is 25.5 Å². The van der Waals surface area contributed by atoms with Crippen LogP contribution in [0.2, 0.25) is 0 Å². The largest absolute Gasteiger partial charge is 0.380 e. The van der Waals surface area contributed by atoms with Crippen LogP contribution in [0.25, 0.3) is 0 Å². The highest BCUT2D eigenvalue weighted by molar-refractivity contribution is 5.02. The van der Waals surface area contributed by atoms with E-state index < -0.39 is 0 Å². The van der Waals surface area contributed by atoms with Crippen LogP contribution in [0.3, 0.4) is 0 Å². The zero-order valence-electron chi connectivity index (χ0n) is 9.41. The zero-order valence-corrected chi connectivity index (χ0v) is 9.41. The average molecular weight is 208 g/mol. The first-order valence-corrected chi connectivity index (χ1v) is 5.62. The topological polar surface area (TPSA) is 34.1 Å². The van der Waals surface area contributed by atoms with Gasteiger partial charge in [-0.15, -0.1) is 0 Å². The molecule has 15 heavy (non-hydrogen) atoms. The third-order valence-corrected chi connectivity index (χ3v) is 2.10. The lowest BCUT2D eigenvalue weighted by Crippen LogP contribution is -2.19. The van der Waals surface area contributed by atoms with Gasteiger partial charge in [-0.1, -0.05) is 19.4 Å². The molecule has 0 fully saturated rings. The van der Waals surface area contributed by atoms with Gasteiger partial charge in [-0.05, 0) is 18.6 Å². The Kier molecular flexibility index (Phi) is 6.79. The Bertz CT molecular complexity index is 239. The second-order valence-corrected chi connectivity index (χ2v) is 3.46. The van der Waals surface area contributed by atoms with Crippen LogP contribution in [-0.4, -0.2) is 24.7 Å². The van der Waals surface area contributed by atoms with Crippen molar-refractivity contribution in [3.8, 4) is 0 Å². The van der Waals surface area contributed by atoms with Crippen molar-refractivity contribution in [3.63, 3.8) is 0 Å². The number of hydrogen-bond donors (Lipinski definition) is 1. The summed E-state index contributed by atoms with van der Waals surface area (Å²) in [5, 5.41) is 3.29. The number of pyridine rings is 1. The third-order valence-electron chi connectivity index (χ3n) is 2.10. The molecule has 0 aliphatic carbocycles. The fraction of sp³-hybridized carbons (Fsp3) is 0.583. The molecule has 0 radical (unpaired) electrons. The van der Waals surface area contributed by atoms with E-state index in [1.165, 1.54) is 6.42 Å². The molecule has 1 heterocycles. The number of aromatic nitrogens is 1. The van der Waals surface area contributed by atoms with Gasteiger partial charge in [-0.25, -0.2) is 0 Å². The van der Waals surface area contributed by atoms with Crippen molar-refractivity contribution >= 4 is 0 Å². The van der Waals surface area contributed by atoms with E-state index in [1.54, 1.807) is 0 Å². The van der Waals surface area contributed by atoms with Gasteiger partial charge in [-0.2, -0.15) is 0 Å². The fourth-order valence-corrected chi connectivity index (χ4v) is 1.21. The van der Waals surface area contributed by atoms with Gasteiger partial charge < -0.3 is 10.1 Å². The van der Waals surface area contributed by atoms with Gasteiger partial charge in [0.2, 0.25) is 0 Å². The molecule has 1 aromatic heterocycles. The number of ether oxygens (including phenoxy) is 1. The molecule has 0 unspecified atom stereocenters. The minimum absolute atomic E-state index is 0.785. The molecule has 1 rings (SSSR count). The van der Waals surface area contributed by atoms with Crippen LogP contribution >= 0.6 is 0 Å². The molecule has 0 aromatic carbocycles. The molecule has 0 saturated heterocycles. The predicted molar refractivity (Wildman–Crippen MR) is 61.7 cm³/mol. The van der Waals surface area contributed by atoms with Crippen molar-refractivity contribution in [2.45, 2.75) is 26.3 Å². The Morgan fingerprint density at radius 1 is 1.33 bits per heavy atom. The molecular weight excluding hydrogens is 188 g/mol. The maximum absolute atomic E-state index is 5.43. The van der Waals surface area contributed by atoms with Crippen molar-refractivity contribution in [3.05, 3.63) is 30.1 Å². The molecule has 0 aliphatic heterocycles. The first-order chi connectivity index (χ1) is 7.43. The van der Waals surface area contributed by atoms with Crippen LogP contribution in [0.4, 0.5) is 0 Å². The van der Waals surface area contributed by atoms with E-state index in [2.05, 4.69) is 17.2 Å². The molecule has 3 nitrogen and oxygen atoms in total. The third kappa shape index (κ3) is 6.20. The summed E-state index contributed by atoms with van der Waals surface area (Å²) in [6.45, 7) is 5.54. The van der Waals surface area contributed by atoms with Crippen LogP contribution in [-0.2, 0) is 11.3 Å². The van der Waals surface area contributed by atoms with Gasteiger partial charge in [0.1, 0.15) is 0 Å². The molecule has 0 atom stereocenters. The van der Waals surface area contributed by atoms with E-state index in [9.17, 15) is 0 Å². The van der Waals surface area contributed by atoms with E-state index in [-0.39, 0.29) is 0 Å². The Morgan fingerprint density at radius 2 is 2.27 bits per heavy atom. The van der Waals surface area contributed by atoms with Gasteiger partial charge in [0.05, 0.1) is 12.3 Å². The highest BCUT2D eigenvalue weighted by Crippen LogP contribution is 1.91. The number of nitrogens with one attached hydrogen (secondary N) is 1. The summed E-state index contributed by atoms with van der Waals surface area (Å²) in [5.74, 6) is 0. The van der Waals surface area contributed by atoms with Gasteiger partial charge in [-0.3, -0.25) is 4.98 Å². The monoisotopic (exact) mass is 208 g/mol. The SMILES string of the molecule is CCCCOCCNCc1ccccn1. The molecule has 1 N–H and O–H groups in total. The molecule has 84 valence electrons. The fourth-order valence-electron chi connectivity index (χ4n) is 1.21. The van der Waals surface area contributed by atoms with Crippen molar-refractivity contribution in [1.82, 2.24) is 10.3 Å². The summed E-state index contributed by atoms with van der Waals surface area (Å²) in [5.41, 5.74) is 1.08. The highest BCUT2D eigenvalue weighted by Gasteiger charge is 1.92. The van der Waals surface area contributed by atoms with E-state index in [4.69, 9.17) is 4.74 Å². The minimum atomic E-state index is 0.785. The van der Waals surface area contributed by atoms with Crippen LogP contribution in [0.15, 0.2) is 24.4 Å². The second-order valence-electron chi connectivity index (χ2n) is 3.46. The summed E-state index contributed by atoms with van der Waals surface area (Å²) >= 11 is 0. The van der Waals surface area contributed by atoms with Crippen LogP contribution in [0.5, 0.6) is 0 Å². The Balaban J connectivity index is 1.93. The maximum atomic E-state index is 5.43. The molecule has 0 amide bonds. The van der Waals surface area contributed by atoms with E-state index >= 15 is 0 Å². The predicted octanol–water partition coefficient (Wildman–Crippen LogP) is 1.99. The van der Waals surface area contributed by atoms with Crippen LogP contribution < -0.4 is 5.32 Å². The van der Waals surface area contributed by atoms with Crippen molar-refractivity contribution < 1.29 is 4.74 Å². The minimum Gasteiger partial charge on any atom is -0.380 e. The quantitative estimate of drug-likeness (QED) is 0.663. The summed E-state index contributed by atoms with van der Waals surface area (Å²) in [7, 11) is 0. The van der Waals surface area contributed by atoms with Crippen molar-refractivity contribution in [2.75, 3.05) is 19.8 Å². The number of rotatable bonds is 8. The molecular formula is C12H20N2O. The summed E-state index contributed by atoms with van der Waals surface area (Å²) in [6, 6.07) is 5.95. The highest BCUT2D eigenvalue weighted by atomic mass is 16.5.